The lowest BCUT2D eigenvalue weighted by Crippen LogP contribution is -2.40. The van der Waals surface area contributed by atoms with Gasteiger partial charge in [-0.1, -0.05) is 12.1 Å². The second kappa shape index (κ2) is 9.61. The van der Waals surface area contributed by atoms with Crippen molar-refractivity contribution < 1.29 is 28.6 Å². The number of halogens is 1. The van der Waals surface area contributed by atoms with E-state index >= 15 is 0 Å². The number of aliphatic hydroxyl groups is 1. The number of carbonyl (C=O) groups is 2. The summed E-state index contributed by atoms with van der Waals surface area (Å²) in [5.74, 6) is 0.0669. The van der Waals surface area contributed by atoms with Crippen LogP contribution in [-0.4, -0.2) is 54.4 Å². The maximum Gasteiger partial charge on any atom is 0.332 e. The van der Waals surface area contributed by atoms with Crippen LogP contribution in [0.1, 0.15) is 12.5 Å². The molecule has 3 amide bonds. The van der Waals surface area contributed by atoms with Crippen LogP contribution in [0.4, 0.5) is 14.9 Å². The molecule has 7 nitrogen and oxygen atoms in total. The molecule has 0 radical (unpaired) electrons. The number of hydrogen-bond acceptors (Lipinski definition) is 5. The molecule has 1 aliphatic rings. The van der Waals surface area contributed by atoms with Crippen molar-refractivity contribution in [3.63, 3.8) is 0 Å². The zero-order valence-corrected chi connectivity index (χ0v) is 17.5. The maximum atomic E-state index is 13.2. The molecule has 0 aliphatic carbocycles. The van der Waals surface area contributed by atoms with E-state index in [1.54, 1.807) is 19.1 Å². The number of amides is 3. The fourth-order valence-electron chi connectivity index (χ4n) is 3.40. The number of hydrogen-bond donors (Lipinski definition) is 1. The van der Waals surface area contributed by atoms with Gasteiger partial charge in [-0.05, 0) is 55.3 Å². The molecule has 0 aromatic heterocycles. The number of urea groups is 1. The molecule has 1 heterocycles. The van der Waals surface area contributed by atoms with E-state index in [0.29, 0.717) is 23.6 Å². The molecule has 1 fully saturated rings. The summed E-state index contributed by atoms with van der Waals surface area (Å²) in [6, 6.07) is 9.39. The van der Waals surface area contributed by atoms with Crippen molar-refractivity contribution in [3.05, 3.63) is 66.5 Å². The number of allylic oxidation sites excluding steroid dienone is 1. The Morgan fingerprint density at radius 3 is 2.55 bits per heavy atom. The van der Waals surface area contributed by atoms with Gasteiger partial charge < -0.3 is 14.6 Å². The van der Waals surface area contributed by atoms with Gasteiger partial charge in [0.15, 0.2) is 11.5 Å². The molecule has 2 aromatic carbocycles. The quantitative estimate of drug-likeness (QED) is 0.490. The van der Waals surface area contributed by atoms with Gasteiger partial charge in [0, 0.05) is 5.69 Å². The molecule has 0 bridgehead atoms. The first-order valence-electron chi connectivity index (χ1n) is 9.84. The number of methoxy groups -OCH3 is 1. The lowest BCUT2D eigenvalue weighted by Gasteiger charge is -2.21. The Labute approximate surface area is 180 Å². The molecule has 164 valence electrons. The normalized spacial score (nSPS) is 17.1. The first-order chi connectivity index (χ1) is 14.8. The molecule has 2 atom stereocenters. The highest BCUT2D eigenvalue weighted by Crippen LogP contribution is 2.29. The van der Waals surface area contributed by atoms with E-state index in [0.717, 1.165) is 10.5 Å². The summed E-state index contributed by atoms with van der Waals surface area (Å²) < 4.78 is 24.2. The number of anilines is 1. The largest absolute Gasteiger partial charge is 0.493 e. The number of benzene rings is 2. The fourth-order valence-corrected chi connectivity index (χ4v) is 3.40. The van der Waals surface area contributed by atoms with Gasteiger partial charge in [0.1, 0.15) is 24.6 Å². The Morgan fingerprint density at radius 2 is 1.90 bits per heavy atom. The Morgan fingerprint density at radius 1 is 1.19 bits per heavy atom. The van der Waals surface area contributed by atoms with Crippen LogP contribution in [0.25, 0.3) is 0 Å². The topological polar surface area (TPSA) is 79.3 Å². The van der Waals surface area contributed by atoms with Crippen LogP contribution in [-0.2, 0) is 11.2 Å². The number of carbonyl (C=O) groups excluding carboxylic acids is 2. The zero-order chi connectivity index (χ0) is 22.5. The second-order valence-corrected chi connectivity index (χ2v) is 7.20. The fraction of sp³-hybridized carbons (Fsp3) is 0.304. The molecular weight excluding hydrogens is 403 g/mol. The number of imide groups is 1. The van der Waals surface area contributed by atoms with Crippen LogP contribution in [0, 0.1) is 5.82 Å². The van der Waals surface area contributed by atoms with Crippen LogP contribution in [0.5, 0.6) is 11.5 Å². The van der Waals surface area contributed by atoms with Crippen LogP contribution < -0.4 is 14.4 Å². The smallest absolute Gasteiger partial charge is 0.332 e. The molecule has 0 saturated carbocycles. The Balaban J connectivity index is 1.64. The highest BCUT2D eigenvalue weighted by molar-refractivity contribution is 6.14. The average molecular weight is 428 g/mol. The molecule has 0 unspecified atom stereocenters. The Bertz CT molecular complexity index is 963. The van der Waals surface area contributed by atoms with E-state index in [9.17, 15) is 19.1 Å². The minimum absolute atomic E-state index is 0.140. The Kier molecular flexibility index (Phi) is 6.91. The average Bonchev–Trinajstić information content (AvgIpc) is 2.97. The molecule has 0 spiro atoms. The number of aliphatic hydroxyl groups excluding tert-OH is 1. The molecule has 1 aliphatic heterocycles. The van der Waals surface area contributed by atoms with Crippen molar-refractivity contribution >= 4 is 17.6 Å². The van der Waals surface area contributed by atoms with Gasteiger partial charge in [-0.3, -0.25) is 14.6 Å². The van der Waals surface area contributed by atoms with Gasteiger partial charge >= 0.3 is 6.03 Å². The number of ether oxygens (including phenoxy) is 2. The SMILES string of the molecule is C=CCc1ccc(OC[C@@H](O)CN2C(=O)[C@H](C)N(c3ccc(F)cc3)C2=O)c(OC)c1. The summed E-state index contributed by atoms with van der Waals surface area (Å²) >= 11 is 0. The van der Waals surface area contributed by atoms with E-state index in [4.69, 9.17) is 9.47 Å². The zero-order valence-electron chi connectivity index (χ0n) is 17.5. The Hall–Kier alpha value is -3.39. The van der Waals surface area contributed by atoms with Crippen molar-refractivity contribution in [3.8, 4) is 11.5 Å². The van der Waals surface area contributed by atoms with E-state index in [1.807, 2.05) is 12.1 Å². The molecule has 1 N–H and O–H groups in total. The van der Waals surface area contributed by atoms with Crippen molar-refractivity contribution in [1.82, 2.24) is 4.90 Å². The van der Waals surface area contributed by atoms with Gasteiger partial charge in [-0.2, -0.15) is 0 Å². The molecule has 8 heteroatoms. The second-order valence-electron chi connectivity index (χ2n) is 7.20. The number of nitrogens with zero attached hydrogens (tertiary/aromatic N) is 2. The minimum atomic E-state index is -1.11. The van der Waals surface area contributed by atoms with Crippen molar-refractivity contribution in [2.45, 2.75) is 25.5 Å². The van der Waals surface area contributed by atoms with E-state index in [2.05, 4.69) is 6.58 Å². The number of β-amino-alcohol motifs (C(OH)–C–C–N with tert-alkyl or cyclic N) is 1. The third-order valence-electron chi connectivity index (χ3n) is 4.99. The van der Waals surface area contributed by atoms with Gasteiger partial charge in [0.25, 0.3) is 5.91 Å². The molecule has 2 aromatic rings. The third-order valence-corrected chi connectivity index (χ3v) is 4.99. The highest BCUT2D eigenvalue weighted by Gasteiger charge is 2.43. The minimum Gasteiger partial charge on any atom is -0.493 e. The molecule has 31 heavy (non-hydrogen) atoms. The third kappa shape index (κ3) is 4.86. The summed E-state index contributed by atoms with van der Waals surface area (Å²) in [6.45, 7) is 4.92. The van der Waals surface area contributed by atoms with Crippen LogP contribution in [0.15, 0.2) is 55.1 Å². The monoisotopic (exact) mass is 428 g/mol. The first-order valence-corrected chi connectivity index (χ1v) is 9.84. The lowest BCUT2D eigenvalue weighted by molar-refractivity contribution is -0.128. The van der Waals surface area contributed by atoms with Crippen molar-refractivity contribution in [1.29, 1.82) is 0 Å². The summed E-state index contributed by atoms with van der Waals surface area (Å²) in [7, 11) is 1.52. The van der Waals surface area contributed by atoms with Gasteiger partial charge in [-0.15, -0.1) is 6.58 Å². The maximum absolute atomic E-state index is 13.2. The predicted molar refractivity (Wildman–Crippen MR) is 114 cm³/mol. The summed E-state index contributed by atoms with van der Waals surface area (Å²) in [5.41, 5.74) is 1.41. The summed E-state index contributed by atoms with van der Waals surface area (Å²) in [4.78, 5) is 27.6. The summed E-state index contributed by atoms with van der Waals surface area (Å²) in [5, 5.41) is 10.4. The van der Waals surface area contributed by atoms with E-state index < -0.39 is 29.9 Å². The standard InChI is InChI=1S/C23H25FN2O5/c1-4-5-16-6-11-20(21(12-16)30-3)31-14-19(27)13-25-22(28)15(2)26(23(25)29)18-9-7-17(24)8-10-18/h4,6-12,15,19,27H,1,5,13-14H2,2-3H3/t15-,19-/m0/s1. The molecule has 1 saturated heterocycles. The van der Waals surface area contributed by atoms with Gasteiger partial charge in [-0.25, -0.2) is 9.18 Å². The van der Waals surface area contributed by atoms with Gasteiger partial charge in [0.05, 0.1) is 13.7 Å². The van der Waals surface area contributed by atoms with E-state index in [1.165, 1.54) is 36.3 Å². The van der Waals surface area contributed by atoms with Crippen LogP contribution >= 0.6 is 0 Å². The molecule has 3 rings (SSSR count). The lowest BCUT2D eigenvalue weighted by atomic mass is 10.1. The van der Waals surface area contributed by atoms with Crippen molar-refractivity contribution in [2.75, 3.05) is 25.2 Å². The predicted octanol–water partition coefficient (Wildman–Crippen LogP) is 3.16. The highest BCUT2D eigenvalue weighted by atomic mass is 19.1. The van der Waals surface area contributed by atoms with Crippen molar-refractivity contribution in [2.24, 2.45) is 0 Å². The van der Waals surface area contributed by atoms with Gasteiger partial charge in [0.2, 0.25) is 0 Å². The van der Waals surface area contributed by atoms with E-state index in [-0.39, 0.29) is 13.2 Å². The molecular formula is C23H25FN2O5. The van der Waals surface area contributed by atoms with Crippen LogP contribution in [0.2, 0.25) is 0 Å². The van der Waals surface area contributed by atoms with Crippen LogP contribution in [0.3, 0.4) is 0 Å². The number of rotatable bonds is 9. The first kappa shape index (κ1) is 22.3. The summed E-state index contributed by atoms with van der Waals surface area (Å²) in [6.07, 6.45) is 1.35.